The van der Waals surface area contributed by atoms with Crippen LogP contribution in [-0.4, -0.2) is 49.7 Å². The zero-order chi connectivity index (χ0) is 25.9. The largest absolute Gasteiger partial charge is 0.493 e. The summed E-state index contributed by atoms with van der Waals surface area (Å²) in [5.74, 6) is 0.460. The third-order valence-corrected chi connectivity index (χ3v) is 6.92. The summed E-state index contributed by atoms with van der Waals surface area (Å²) in [6.45, 7) is 6.42. The van der Waals surface area contributed by atoms with Crippen molar-refractivity contribution in [3.63, 3.8) is 0 Å². The van der Waals surface area contributed by atoms with Gasteiger partial charge >= 0.3 is 5.97 Å². The van der Waals surface area contributed by atoms with Gasteiger partial charge in [-0.05, 0) is 73.2 Å². The number of nitrogens with zero attached hydrogens (tertiary/aromatic N) is 1. The van der Waals surface area contributed by atoms with Crippen molar-refractivity contribution in [1.29, 1.82) is 0 Å². The Morgan fingerprint density at radius 1 is 0.889 bits per heavy atom. The molecule has 0 N–H and O–H groups in total. The van der Waals surface area contributed by atoms with Crippen LogP contribution in [0.15, 0.2) is 71.8 Å². The molecule has 36 heavy (non-hydrogen) atoms. The smallest absolute Gasteiger partial charge is 0.343 e. The number of methoxy groups -OCH3 is 2. The summed E-state index contributed by atoms with van der Waals surface area (Å²) in [5.41, 5.74) is 2.35. The molecule has 1 heterocycles. The molecule has 4 rings (SSSR count). The number of carbonyl (C=O) groups excluding carboxylic acids is 2. The first-order valence-electron chi connectivity index (χ1n) is 12.2. The van der Waals surface area contributed by atoms with E-state index in [1.807, 2.05) is 44.2 Å². The van der Waals surface area contributed by atoms with Crippen LogP contribution in [-0.2, 0) is 27.2 Å². The number of benzene rings is 3. The Kier molecular flexibility index (Phi) is 7.34. The first-order chi connectivity index (χ1) is 17.3. The molecule has 0 bridgehead atoms. The van der Waals surface area contributed by atoms with Gasteiger partial charge in [0.1, 0.15) is 5.57 Å². The molecule has 1 aliphatic heterocycles. The predicted octanol–water partition coefficient (Wildman–Crippen LogP) is 5.12. The number of esters is 1. The Hall–Kier alpha value is -3.80. The molecule has 0 unspecified atom stereocenters. The van der Waals surface area contributed by atoms with E-state index in [0.29, 0.717) is 30.9 Å². The van der Waals surface area contributed by atoms with Crippen LogP contribution >= 0.6 is 0 Å². The number of rotatable bonds is 9. The standard InChI is InChI=1S/C30H33NO5/c1-6-36-29(33)27-24(18-21-11-13-22-9-7-8-10-23(22)17-21)30(2,3)31(28(27)32)16-15-20-12-14-25(34-4)26(19-20)35-5/h7-14,17,19H,6,15-16,18H2,1-5H3. The highest BCUT2D eigenvalue weighted by molar-refractivity contribution is 6.19. The molecule has 1 amide bonds. The van der Waals surface area contributed by atoms with Gasteiger partial charge < -0.3 is 19.1 Å². The van der Waals surface area contributed by atoms with Gasteiger partial charge in [-0.2, -0.15) is 0 Å². The lowest BCUT2D eigenvalue weighted by molar-refractivity contribution is -0.141. The molecule has 0 fully saturated rings. The molecule has 3 aromatic rings. The van der Waals surface area contributed by atoms with Gasteiger partial charge in [-0.3, -0.25) is 4.79 Å². The van der Waals surface area contributed by atoms with Crippen LogP contribution in [0.1, 0.15) is 31.9 Å². The topological polar surface area (TPSA) is 65.1 Å². The number of amides is 1. The van der Waals surface area contributed by atoms with Gasteiger partial charge in [0, 0.05) is 6.54 Å². The second kappa shape index (κ2) is 10.4. The first-order valence-corrected chi connectivity index (χ1v) is 12.2. The molecule has 0 spiro atoms. The molecular formula is C30H33NO5. The maximum atomic E-state index is 13.6. The maximum absolute atomic E-state index is 13.6. The Bertz CT molecular complexity index is 1320. The van der Waals surface area contributed by atoms with Crippen molar-refractivity contribution in [3.8, 4) is 11.5 Å². The fourth-order valence-corrected chi connectivity index (χ4v) is 4.92. The lowest BCUT2D eigenvalue weighted by Crippen LogP contribution is -2.45. The molecule has 0 saturated carbocycles. The highest BCUT2D eigenvalue weighted by Gasteiger charge is 2.47. The van der Waals surface area contributed by atoms with E-state index in [0.717, 1.165) is 27.5 Å². The number of hydrogen-bond donors (Lipinski definition) is 0. The highest BCUT2D eigenvalue weighted by Crippen LogP contribution is 2.39. The van der Waals surface area contributed by atoms with Crippen LogP contribution in [0.5, 0.6) is 11.5 Å². The third-order valence-electron chi connectivity index (χ3n) is 6.92. The van der Waals surface area contributed by atoms with Gasteiger partial charge in [-0.15, -0.1) is 0 Å². The van der Waals surface area contributed by atoms with Crippen LogP contribution in [0.25, 0.3) is 10.8 Å². The second-order valence-corrected chi connectivity index (χ2v) is 9.39. The van der Waals surface area contributed by atoms with Crippen molar-refractivity contribution < 1.29 is 23.8 Å². The van der Waals surface area contributed by atoms with E-state index in [4.69, 9.17) is 14.2 Å². The second-order valence-electron chi connectivity index (χ2n) is 9.39. The molecule has 0 aromatic heterocycles. The van der Waals surface area contributed by atoms with Gasteiger partial charge in [0.25, 0.3) is 5.91 Å². The van der Waals surface area contributed by atoms with Crippen LogP contribution in [0.2, 0.25) is 0 Å². The molecule has 188 valence electrons. The van der Waals surface area contributed by atoms with E-state index in [1.54, 1.807) is 26.0 Å². The SMILES string of the molecule is CCOC(=O)C1=C(Cc2ccc3ccccc3c2)C(C)(C)N(CCc2ccc(OC)c(OC)c2)C1=O. The Labute approximate surface area is 212 Å². The number of fused-ring (bicyclic) bond motifs is 1. The Morgan fingerprint density at radius 2 is 1.58 bits per heavy atom. The monoisotopic (exact) mass is 487 g/mol. The normalized spacial score (nSPS) is 14.9. The highest BCUT2D eigenvalue weighted by atomic mass is 16.5. The van der Waals surface area contributed by atoms with Crippen molar-refractivity contribution in [2.45, 2.75) is 39.2 Å². The summed E-state index contributed by atoms with van der Waals surface area (Å²) in [4.78, 5) is 28.4. The molecule has 0 aliphatic carbocycles. The van der Waals surface area contributed by atoms with Gasteiger partial charge in [0.2, 0.25) is 0 Å². The van der Waals surface area contributed by atoms with Crippen molar-refractivity contribution in [2.24, 2.45) is 0 Å². The van der Waals surface area contributed by atoms with E-state index >= 15 is 0 Å². The fraction of sp³-hybridized carbons (Fsp3) is 0.333. The zero-order valence-corrected chi connectivity index (χ0v) is 21.6. The zero-order valence-electron chi connectivity index (χ0n) is 21.6. The quantitative estimate of drug-likeness (QED) is 0.310. The van der Waals surface area contributed by atoms with Gasteiger partial charge in [-0.1, -0.05) is 48.5 Å². The number of carbonyl (C=O) groups is 2. The molecule has 1 aliphatic rings. The van der Waals surface area contributed by atoms with E-state index < -0.39 is 11.5 Å². The van der Waals surface area contributed by atoms with E-state index in [1.165, 1.54) is 0 Å². The molecular weight excluding hydrogens is 454 g/mol. The minimum absolute atomic E-state index is 0.155. The van der Waals surface area contributed by atoms with Crippen molar-refractivity contribution >= 4 is 22.6 Å². The molecule has 6 heteroatoms. The fourth-order valence-electron chi connectivity index (χ4n) is 4.92. The minimum atomic E-state index is -0.651. The summed E-state index contributed by atoms with van der Waals surface area (Å²) in [7, 11) is 3.20. The lowest BCUT2D eigenvalue weighted by Gasteiger charge is -2.35. The molecule has 3 aromatic carbocycles. The van der Waals surface area contributed by atoms with E-state index in [2.05, 4.69) is 30.3 Å². The summed E-state index contributed by atoms with van der Waals surface area (Å²) in [5, 5.41) is 2.28. The first kappa shape index (κ1) is 25.3. The van der Waals surface area contributed by atoms with Gasteiger partial charge in [0.15, 0.2) is 11.5 Å². The molecule has 0 atom stereocenters. The summed E-state index contributed by atoms with van der Waals surface area (Å²) >= 11 is 0. The predicted molar refractivity (Wildman–Crippen MR) is 140 cm³/mol. The number of hydrogen-bond acceptors (Lipinski definition) is 5. The van der Waals surface area contributed by atoms with Crippen LogP contribution < -0.4 is 9.47 Å². The van der Waals surface area contributed by atoms with Crippen LogP contribution in [0, 0.1) is 0 Å². The lowest BCUT2D eigenvalue weighted by atomic mass is 9.87. The minimum Gasteiger partial charge on any atom is -0.493 e. The molecule has 0 radical (unpaired) electrons. The summed E-state index contributed by atoms with van der Waals surface area (Å²) in [6.07, 6.45) is 1.10. The Balaban J connectivity index is 1.64. The van der Waals surface area contributed by atoms with Crippen molar-refractivity contribution in [2.75, 3.05) is 27.4 Å². The van der Waals surface area contributed by atoms with Crippen molar-refractivity contribution in [3.05, 3.63) is 82.9 Å². The van der Waals surface area contributed by atoms with Crippen molar-refractivity contribution in [1.82, 2.24) is 4.90 Å². The molecule has 6 nitrogen and oxygen atoms in total. The van der Waals surface area contributed by atoms with E-state index in [9.17, 15) is 9.59 Å². The maximum Gasteiger partial charge on any atom is 0.343 e. The Morgan fingerprint density at radius 3 is 2.28 bits per heavy atom. The molecule has 0 saturated heterocycles. The van der Waals surface area contributed by atoms with Crippen LogP contribution in [0.4, 0.5) is 0 Å². The van der Waals surface area contributed by atoms with Gasteiger partial charge in [-0.25, -0.2) is 4.79 Å². The van der Waals surface area contributed by atoms with Crippen LogP contribution in [0.3, 0.4) is 0 Å². The van der Waals surface area contributed by atoms with Gasteiger partial charge in [0.05, 0.1) is 26.4 Å². The summed E-state index contributed by atoms with van der Waals surface area (Å²) < 4.78 is 16.1. The third kappa shape index (κ3) is 4.81. The average Bonchev–Trinajstić information content (AvgIpc) is 3.06. The van der Waals surface area contributed by atoms with E-state index in [-0.39, 0.29) is 18.1 Å². The average molecular weight is 488 g/mol. The number of ether oxygens (including phenoxy) is 3. The summed E-state index contributed by atoms with van der Waals surface area (Å²) in [6, 6.07) is 20.2.